The highest BCUT2D eigenvalue weighted by Gasteiger charge is 2.26. The molecule has 15 heteroatoms. The molecule has 0 fully saturated rings. The molecule has 3 heterocycles. The average Bonchev–Trinajstić information content (AvgIpc) is 3.34. The molecule has 0 radical (unpaired) electrons. The van der Waals surface area contributed by atoms with Crippen molar-refractivity contribution in [2.45, 2.75) is 13.1 Å². The van der Waals surface area contributed by atoms with E-state index in [2.05, 4.69) is 4.98 Å². The molecule has 0 aliphatic carbocycles. The summed E-state index contributed by atoms with van der Waals surface area (Å²) in [4.78, 5) is 56.3. The molecule has 226 valence electrons. The SMILES string of the molecule is CN(C)Cc1c(-c2ccc([N+](=O)[O-])cc2)sc2c1c(=O)n(-c1ccc(OCC(=O)O)cn1)c(=O)n2Cc1c(F)cccc1F. The van der Waals surface area contributed by atoms with Crippen molar-refractivity contribution in [3.8, 4) is 22.0 Å². The number of carbonyl (C=O) groups is 1. The number of thiophene rings is 1. The summed E-state index contributed by atoms with van der Waals surface area (Å²) in [6.45, 7) is -0.985. The lowest BCUT2D eigenvalue weighted by Gasteiger charge is -2.14. The van der Waals surface area contributed by atoms with Crippen molar-refractivity contribution in [1.29, 1.82) is 0 Å². The summed E-state index contributed by atoms with van der Waals surface area (Å²) < 4.78 is 36.6. The summed E-state index contributed by atoms with van der Waals surface area (Å²) in [5.41, 5.74) is -1.18. The molecule has 0 aliphatic heterocycles. The number of aromatic nitrogens is 3. The average molecular weight is 624 g/mol. The summed E-state index contributed by atoms with van der Waals surface area (Å²) in [6.07, 6.45) is 1.14. The Morgan fingerprint density at radius 1 is 1.07 bits per heavy atom. The van der Waals surface area contributed by atoms with Crippen LogP contribution in [0.1, 0.15) is 11.1 Å². The number of ether oxygens (including phenoxy) is 1. The minimum absolute atomic E-state index is 0.0725. The predicted molar refractivity (Wildman–Crippen MR) is 158 cm³/mol. The molecule has 0 aliphatic rings. The molecule has 5 rings (SSSR count). The first-order chi connectivity index (χ1) is 21.0. The fourth-order valence-electron chi connectivity index (χ4n) is 4.62. The van der Waals surface area contributed by atoms with Crippen molar-refractivity contribution in [3.63, 3.8) is 0 Å². The van der Waals surface area contributed by atoms with E-state index in [0.29, 0.717) is 16.0 Å². The third-order valence-electron chi connectivity index (χ3n) is 6.58. The van der Waals surface area contributed by atoms with Crippen molar-refractivity contribution in [1.82, 2.24) is 19.0 Å². The Hall–Kier alpha value is -5.28. The summed E-state index contributed by atoms with van der Waals surface area (Å²) in [6, 6.07) is 11.6. The van der Waals surface area contributed by atoms with E-state index in [9.17, 15) is 33.3 Å². The Labute approximate surface area is 250 Å². The van der Waals surface area contributed by atoms with Crippen LogP contribution in [0.15, 0.2) is 70.4 Å². The van der Waals surface area contributed by atoms with E-state index >= 15 is 0 Å². The van der Waals surface area contributed by atoms with Gasteiger partial charge in [0.25, 0.3) is 11.2 Å². The van der Waals surface area contributed by atoms with Crippen LogP contribution in [-0.2, 0) is 17.9 Å². The number of pyridine rings is 1. The number of aliphatic carboxylic acids is 1. The topological polar surface area (TPSA) is 150 Å². The van der Waals surface area contributed by atoms with Gasteiger partial charge in [-0.15, -0.1) is 11.3 Å². The Morgan fingerprint density at radius 3 is 2.32 bits per heavy atom. The molecule has 2 aromatic carbocycles. The van der Waals surface area contributed by atoms with Gasteiger partial charge in [-0.05, 0) is 61.6 Å². The lowest BCUT2D eigenvalue weighted by Crippen LogP contribution is -2.39. The molecule has 12 nitrogen and oxygen atoms in total. The van der Waals surface area contributed by atoms with E-state index < -0.39 is 52.5 Å². The number of rotatable bonds is 10. The predicted octanol–water partition coefficient (Wildman–Crippen LogP) is 4.04. The maximum atomic E-state index is 14.8. The number of benzene rings is 2. The van der Waals surface area contributed by atoms with Crippen LogP contribution in [0, 0.1) is 21.7 Å². The molecule has 0 saturated carbocycles. The van der Waals surface area contributed by atoms with Gasteiger partial charge in [-0.3, -0.25) is 19.5 Å². The number of halogens is 2. The summed E-state index contributed by atoms with van der Waals surface area (Å²) >= 11 is 1.05. The molecule has 44 heavy (non-hydrogen) atoms. The molecule has 5 aromatic rings. The quantitative estimate of drug-likeness (QED) is 0.180. The van der Waals surface area contributed by atoms with E-state index in [1.54, 1.807) is 19.0 Å². The molecular weight excluding hydrogens is 600 g/mol. The largest absolute Gasteiger partial charge is 0.480 e. The Kier molecular flexibility index (Phi) is 8.33. The van der Waals surface area contributed by atoms with Gasteiger partial charge in [0.15, 0.2) is 6.61 Å². The van der Waals surface area contributed by atoms with Gasteiger partial charge in [-0.25, -0.2) is 27.9 Å². The number of carboxylic acid groups (broad SMARTS) is 1. The van der Waals surface area contributed by atoms with Gasteiger partial charge in [0.1, 0.15) is 28.0 Å². The molecule has 0 unspecified atom stereocenters. The van der Waals surface area contributed by atoms with E-state index in [4.69, 9.17) is 9.84 Å². The first-order valence-corrected chi connectivity index (χ1v) is 13.7. The fourth-order valence-corrected chi connectivity index (χ4v) is 5.92. The number of carboxylic acids is 1. The lowest BCUT2D eigenvalue weighted by molar-refractivity contribution is -0.384. The van der Waals surface area contributed by atoms with E-state index in [-0.39, 0.29) is 34.0 Å². The lowest BCUT2D eigenvalue weighted by atomic mass is 10.1. The smallest absolute Gasteiger partial charge is 0.341 e. The van der Waals surface area contributed by atoms with Crippen molar-refractivity contribution >= 4 is 33.2 Å². The first kappa shape index (κ1) is 30.2. The van der Waals surface area contributed by atoms with Crippen LogP contribution in [0.2, 0.25) is 0 Å². The van der Waals surface area contributed by atoms with Crippen LogP contribution >= 0.6 is 11.3 Å². The zero-order chi connectivity index (χ0) is 31.7. The monoisotopic (exact) mass is 623 g/mol. The fraction of sp³-hybridized carbons (Fsp3) is 0.172. The highest BCUT2D eigenvalue weighted by atomic mass is 32.1. The van der Waals surface area contributed by atoms with E-state index in [1.807, 2.05) is 0 Å². The second-order valence-electron chi connectivity index (χ2n) is 9.88. The van der Waals surface area contributed by atoms with Crippen molar-refractivity contribution in [2.24, 2.45) is 0 Å². The molecule has 0 atom stereocenters. The zero-order valence-electron chi connectivity index (χ0n) is 23.2. The van der Waals surface area contributed by atoms with Crippen molar-refractivity contribution < 1.29 is 28.3 Å². The minimum Gasteiger partial charge on any atom is -0.480 e. The molecule has 0 spiro atoms. The van der Waals surface area contributed by atoms with Gasteiger partial charge in [0.2, 0.25) is 0 Å². The van der Waals surface area contributed by atoms with Crippen molar-refractivity contribution in [3.05, 3.63) is 115 Å². The normalized spacial score (nSPS) is 11.3. The van der Waals surface area contributed by atoms with Gasteiger partial charge in [0.05, 0.1) is 23.1 Å². The first-order valence-electron chi connectivity index (χ1n) is 12.9. The zero-order valence-corrected chi connectivity index (χ0v) is 24.0. The number of nitrogens with zero attached hydrogens (tertiary/aromatic N) is 5. The second kappa shape index (κ2) is 12.1. The number of nitro benzene ring substituents is 1. The van der Waals surface area contributed by atoms with E-state index in [1.165, 1.54) is 42.5 Å². The van der Waals surface area contributed by atoms with E-state index in [0.717, 1.165) is 38.8 Å². The number of fused-ring (bicyclic) bond motifs is 1. The second-order valence-corrected chi connectivity index (χ2v) is 10.9. The Balaban J connectivity index is 1.81. The van der Waals surface area contributed by atoms with Gasteiger partial charge < -0.3 is 14.7 Å². The van der Waals surface area contributed by atoms with Crippen LogP contribution in [0.5, 0.6) is 5.75 Å². The molecule has 0 saturated heterocycles. The highest BCUT2D eigenvalue weighted by molar-refractivity contribution is 7.22. The number of hydrogen-bond donors (Lipinski definition) is 1. The Morgan fingerprint density at radius 2 is 1.75 bits per heavy atom. The Bertz CT molecular complexity index is 2000. The third kappa shape index (κ3) is 5.82. The highest BCUT2D eigenvalue weighted by Crippen LogP contribution is 2.38. The maximum Gasteiger partial charge on any atom is 0.341 e. The van der Waals surface area contributed by atoms with Crippen LogP contribution in [0.4, 0.5) is 14.5 Å². The third-order valence-corrected chi connectivity index (χ3v) is 7.88. The number of nitro groups is 1. The number of non-ortho nitro benzene ring substituents is 1. The molecule has 3 aromatic heterocycles. The summed E-state index contributed by atoms with van der Waals surface area (Å²) in [5, 5.41) is 20.2. The molecule has 0 bridgehead atoms. The number of hydrogen-bond acceptors (Lipinski definition) is 9. The summed E-state index contributed by atoms with van der Waals surface area (Å²) in [5.74, 6) is -3.05. The van der Waals surface area contributed by atoms with Crippen molar-refractivity contribution in [2.75, 3.05) is 20.7 Å². The standard InChI is InChI=1S/C29H23F2N5O7S/c1-33(2)13-20-25-27(39)35(23-11-10-18(12-32-23)43-15-24(37)38)29(40)34(14-19-21(30)4-3-5-22(19)31)28(25)44-26(20)16-6-8-17(9-7-16)36(41)42/h3-12H,13-15H2,1-2H3,(H,37,38). The van der Waals surface area contributed by atoms with Crippen LogP contribution in [0.3, 0.4) is 0 Å². The van der Waals surface area contributed by atoms with Gasteiger partial charge >= 0.3 is 11.7 Å². The van der Waals surface area contributed by atoms with Crippen LogP contribution in [0.25, 0.3) is 26.5 Å². The molecular formula is C29H23F2N5O7S. The van der Waals surface area contributed by atoms with Crippen LogP contribution in [-0.4, -0.2) is 55.7 Å². The minimum atomic E-state index is -1.21. The maximum absolute atomic E-state index is 14.8. The van der Waals surface area contributed by atoms with Gasteiger partial charge in [-0.1, -0.05) is 6.07 Å². The summed E-state index contributed by atoms with van der Waals surface area (Å²) in [7, 11) is 3.54. The molecule has 0 amide bonds. The van der Waals surface area contributed by atoms with Gasteiger partial charge in [0, 0.05) is 29.1 Å². The van der Waals surface area contributed by atoms with Gasteiger partial charge in [-0.2, -0.15) is 0 Å². The van der Waals surface area contributed by atoms with Crippen LogP contribution < -0.4 is 16.0 Å². The molecule has 1 N–H and O–H groups in total.